The van der Waals surface area contributed by atoms with Gasteiger partial charge in [0, 0.05) is 16.5 Å². The van der Waals surface area contributed by atoms with Crippen molar-refractivity contribution in [1.29, 1.82) is 0 Å². The summed E-state index contributed by atoms with van der Waals surface area (Å²) >= 11 is 0. The summed E-state index contributed by atoms with van der Waals surface area (Å²) in [7, 11) is 0. The highest BCUT2D eigenvalue weighted by molar-refractivity contribution is 6.09. The molecule has 0 radical (unpaired) electrons. The molecule has 0 unspecified atom stereocenters. The molecule has 0 amide bonds. The third-order valence-corrected chi connectivity index (χ3v) is 5.50. The molecule has 0 fully saturated rings. The minimum absolute atomic E-state index is 1.19. The first kappa shape index (κ1) is 17.5. The Morgan fingerprint density at radius 2 is 1.07 bits per heavy atom. The van der Waals surface area contributed by atoms with Crippen molar-refractivity contribution >= 4 is 34.0 Å². The van der Waals surface area contributed by atoms with Crippen molar-refractivity contribution in [3.8, 4) is 5.69 Å². The van der Waals surface area contributed by atoms with E-state index in [1.807, 2.05) is 6.07 Å². The monoisotopic (exact) mass is 373 g/mol. The fourth-order valence-electron chi connectivity index (χ4n) is 4.01. The summed E-state index contributed by atoms with van der Waals surface area (Å²) in [6.45, 7) is 4.31. The van der Waals surface area contributed by atoms with E-state index in [1.54, 1.807) is 0 Å². The van der Waals surface area contributed by atoms with E-state index in [9.17, 15) is 0 Å². The third kappa shape index (κ3) is 3.25. The number of hydrogen-bond acceptors (Lipinski definition) is 0. The second kappa shape index (κ2) is 7.10. The van der Waals surface area contributed by atoms with E-state index >= 15 is 0 Å². The lowest BCUT2D eigenvalue weighted by molar-refractivity contribution is 1.17. The maximum absolute atomic E-state index is 2.38. The maximum atomic E-state index is 2.38. The molecule has 5 rings (SSSR count). The second-order valence-electron chi connectivity index (χ2n) is 7.71. The maximum Gasteiger partial charge on any atom is 0.0543 e. The molecule has 140 valence electrons. The molecule has 0 bridgehead atoms. The van der Waals surface area contributed by atoms with E-state index in [0.717, 1.165) is 0 Å². The van der Waals surface area contributed by atoms with Gasteiger partial charge in [0.1, 0.15) is 0 Å². The molecule has 1 heteroatoms. The molecule has 0 N–H and O–H groups in total. The van der Waals surface area contributed by atoms with E-state index in [-0.39, 0.29) is 0 Å². The highest BCUT2D eigenvalue weighted by atomic mass is 15.0. The van der Waals surface area contributed by atoms with Gasteiger partial charge in [-0.15, -0.1) is 0 Å². The van der Waals surface area contributed by atoms with E-state index in [1.165, 1.54) is 49.7 Å². The minimum Gasteiger partial charge on any atom is -0.309 e. The molecule has 5 aromatic rings. The van der Waals surface area contributed by atoms with Crippen LogP contribution in [0.5, 0.6) is 0 Å². The van der Waals surface area contributed by atoms with Crippen LogP contribution in [0, 0.1) is 13.8 Å². The van der Waals surface area contributed by atoms with Crippen LogP contribution >= 0.6 is 0 Å². The van der Waals surface area contributed by atoms with Gasteiger partial charge >= 0.3 is 0 Å². The Morgan fingerprint density at radius 3 is 1.62 bits per heavy atom. The number of nitrogens with zero attached hydrogens (tertiary/aromatic N) is 1. The SMILES string of the molecule is Cc1ccc2c3ccc(C)cc3n(-c3ccc(/C=C/c4ccccc4)cc3)c2c1. The van der Waals surface area contributed by atoms with Gasteiger partial charge in [0.2, 0.25) is 0 Å². The zero-order valence-corrected chi connectivity index (χ0v) is 16.8. The topological polar surface area (TPSA) is 4.93 Å². The van der Waals surface area contributed by atoms with Crippen LogP contribution in [0.15, 0.2) is 91.0 Å². The fraction of sp³-hybridized carbons (Fsp3) is 0.0714. The lowest BCUT2D eigenvalue weighted by atomic mass is 10.1. The molecule has 0 aliphatic rings. The highest BCUT2D eigenvalue weighted by Gasteiger charge is 2.12. The number of benzene rings is 4. The number of rotatable bonds is 3. The Bertz CT molecular complexity index is 1280. The van der Waals surface area contributed by atoms with Crippen LogP contribution in [-0.4, -0.2) is 4.57 Å². The van der Waals surface area contributed by atoms with E-state index in [4.69, 9.17) is 0 Å². The van der Waals surface area contributed by atoms with Gasteiger partial charge in [-0.3, -0.25) is 0 Å². The predicted molar refractivity (Wildman–Crippen MR) is 126 cm³/mol. The van der Waals surface area contributed by atoms with Gasteiger partial charge in [0.25, 0.3) is 0 Å². The normalized spacial score (nSPS) is 11.7. The summed E-state index contributed by atoms with van der Waals surface area (Å²) < 4.78 is 2.38. The number of hydrogen-bond donors (Lipinski definition) is 0. The van der Waals surface area contributed by atoms with Gasteiger partial charge in [-0.05, 0) is 60.4 Å². The Hall–Kier alpha value is -3.58. The van der Waals surface area contributed by atoms with Crippen LogP contribution in [0.1, 0.15) is 22.3 Å². The van der Waals surface area contributed by atoms with Gasteiger partial charge in [-0.1, -0.05) is 78.9 Å². The van der Waals surface area contributed by atoms with Crippen molar-refractivity contribution in [2.24, 2.45) is 0 Å². The molecule has 1 heterocycles. The van der Waals surface area contributed by atoms with Crippen LogP contribution in [-0.2, 0) is 0 Å². The third-order valence-electron chi connectivity index (χ3n) is 5.50. The molecule has 1 nitrogen and oxygen atoms in total. The first-order valence-electron chi connectivity index (χ1n) is 10.0. The quantitative estimate of drug-likeness (QED) is 0.287. The largest absolute Gasteiger partial charge is 0.309 e. The molecule has 4 aromatic carbocycles. The minimum atomic E-state index is 1.19. The molecule has 0 aliphatic heterocycles. The summed E-state index contributed by atoms with van der Waals surface area (Å²) in [5, 5.41) is 2.61. The summed E-state index contributed by atoms with van der Waals surface area (Å²) in [5.41, 5.74) is 8.69. The highest BCUT2D eigenvalue weighted by Crippen LogP contribution is 2.33. The molecule has 29 heavy (non-hydrogen) atoms. The van der Waals surface area contributed by atoms with Crippen LogP contribution in [0.3, 0.4) is 0 Å². The van der Waals surface area contributed by atoms with Crippen molar-refractivity contribution in [1.82, 2.24) is 4.57 Å². The first-order chi connectivity index (χ1) is 14.2. The van der Waals surface area contributed by atoms with Crippen molar-refractivity contribution in [2.75, 3.05) is 0 Å². The van der Waals surface area contributed by atoms with Crippen LogP contribution in [0.25, 0.3) is 39.6 Å². The van der Waals surface area contributed by atoms with E-state index in [0.29, 0.717) is 0 Å². The lowest BCUT2D eigenvalue weighted by Gasteiger charge is -2.09. The van der Waals surface area contributed by atoms with Crippen LogP contribution in [0.4, 0.5) is 0 Å². The molecule has 1 aromatic heterocycles. The lowest BCUT2D eigenvalue weighted by Crippen LogP contribution is -1.94. The van der Waals surface area contributed by atoms with Gasteiger partial charge in [0.15, 0.2) is 0 Å². The number of fused-ring (bicyclic) bond motifs is 3. The predicted octanol–water partition coefficient (Wildman–Crippen LogP) is 7.57. The van der Waals surface area contributed by atoms with Crippen molar-refractivity contribution in [2.45, 2.75) is 13.8 Å². The summed E-state index contributed by atoms with van der Waals surface area (Å²) in [5.74, 6) is 0. The summed E-state index contributed by atoms with van der Waals surface area (Å²) in [6.07, 6.45) is 4.32. The van der Waals surface area contributed by atoms with Gasteiger partial charge in [-0.25, -0.2) is 0 Å². The van der Waals surface area contributed by atoms with Crippen LogP contribution < -0.4 is 0 Å². The van der Waals surface area contributed by atoms with Crippen molar-refractivity contribution in [3.05, 3.63) is 113 Å². The molecule has 0 atom stereocenters. The zero-order chi connectivity index (χ0) is 19.8. The Labute approximate surface area is 171 Å². The van der Waals surface area contributed by atoms with E-state index < -0.39 is 0 Å². The average molecular weight is 373 g/mol. The Kier molecular flexibility index (Phi) is 4.29. The molecule has 0 spiro atoms. The van der Waals surface area contributed by atoms with Gasteiger partial charge in [-0.2, -0.15) is 0 Å². The molecule has 0 aliphatic carbocycles. The number of aromatic nitrogens is 1. The summed E-state index contributed by atoms with van der Waals surface area (Å²) in [6, 6.07) is 32.7. The van der Waals surface area contributed by atoms with Gasteiger partial charge in [0.05, 0.1) is 11.0 Å². The first-order valence-corrected chi connectivity index (χ1v) is 10.0. The second-order valence-corrected chi connectivity index (χ2v) is 7.71. The molecule has 0 saturated carbocycles. The standard InChI is InChI=1S/C28H23N/c1-20-8-16-25-26-17-9-21(2)19-28(26)29(27(25)18-20)24-14-12-23(13-15-24)11-10-22-6-4-3-5-7-22/h3-19H,1-2H3/b11-10+. The van der Waals surface area contributed by atoms with Crippen molar-refractivity contribution in [3.63, 3.8) is 0 Å². The number of aryl methyl sites for hydroxylation is 2. The molecule has 0 saturated heterocycles. The Morgan fingerprint density at radius 1 is 0.552 bits per heavy atom. The smallest absolute Gasteiger partial charge is 0.0543 e. The van der Waals surface area contributed by atoms with E-state index in [2.05, 4.69) is 115 Å². The fourth-order valence-corrected chi connectivity index (χ4v) is 4.01. The average Bonchev–Trinajstić information content (AvgIpc) is 3.05. The van der Waals surface area contributed by atoms with Crippen LogP contribution in [0.2, 0.25) is 0 Å². The Balaban J connectivity index is 1.62. The van der Waals surface area contributed by atoms with Crippen molar-refractivity contribution < 1.29 is 0 Å². The summed E-state index contributed by atoms with van der Waals surface area (Å²) in [4.78, 5) is 0. The molecular formula is C28H23N. The zero-order valence-electron chi connectivity index (χ0n) is 16.8. The molecular weight excluding hydrogens is 350 g/mol. The van der Waals surface area contributed by atoms with Gasteiger partial charge < -0.3 is 4.57 Å².